The number of nitrogens with zero attached hydrogens (tertiary/aromatic N) is 10. The van der Waals surface area contributed by atoms with Gasteiger partial charge in [0.1, 0.15) is 0 Å². The Morgan fingerprint density at radius 1 is 0.367 bits per heavy atom. The van der Waals surface area contributed by atoms with Crippen LogP contribution < -0.4 is 24.5 Å². The molecule has 14 heterocycles. The molecule has 7 atom stereocenters. The van der Waals surface area contributed by atoms with Crippen LogP contribution in [-0.2, 0) is 52.6 Å². The summed E-state index contributed by atoms with van der Waals surface area (Å²) in [4.78, 5) is 18.2. The summed E-state index contributed by atoms with van der Waals surface area (Å²) in [6.07, 6.45) is 28.8. The predicted molar refractivity (Wildman–Crippen MR) is 499 cm³/mol. The van der Waals surface area contributed by atoms with E-state index in [9.17, 15) is 0 Å². The first-order valence-corrected chi connectivity index (χ1v) is 47.9. The van der Waals surface area contributed by atoms with Crippen LogP contribution in [0.3, 0.4) is 0 Å². The van der Waals surface area contributed by atoms with Crippen LogP contribution in [0.4, 0.5) is 28.4 Å². The maximum atomic E-state index is 5.84. The van der Waals surface area contributed by atoms with Gasteiger partial charge in [-0.3, -0.25) is 0 Å². The molecule has 0 saturated heterocycles. The Balaban J connectivity index is 0.0000000959. The van der Waals surface area contributed by atoms with Gasteiger partial charge in [0.15, 0.2) is 0 Å². The Labute approximate surface area is 726 Å². The zero-order chi connectivity index (χ0) is 84.0. The lowest BCUT2D eigenvalue weighted by Gasteiger charge is -2.63. The smallest absolute Gasteiger partial charge is 0.206 e. The maximum Gasteiger partial charge on any atom is 0.206 e. The molecule has 0 radical (unpaired) electrons. The third kappa shape index (κ3) is 10.3. The molecule has 6 aliphatic carbocycles. The molecule has 2 unspecified atom stereocenters. The number of aromatic nitrogens is 5. The molecule has 12 nitrogen and oxygen atoms in total. The lowest BCUT2D eigenvalue weighted by atomic mass is 9.48. The van der Waals surface area contributed by atoms with E-state index in [1.807, 2.05) is 12.5 Å². The van der Waals surface area contributed by atoms with E-state index >= 15 is 0 Å². The van der Waals surface area contributed by atoms with Gasteiger partial charge in [0, 0.05) is 111 Å². The molecule has 120 heavy (non-hydrogen) atoms. The van der Waals surface area contributed by atoms with E-state index in [-0.39, 0.29) is 49.4 Å². The van der Waals surface area contributed by atoms with Gasteiger partial charge in [-0.15, -0.1) is 0 Å². The van der Waals surface area contributed by atoms with Crippen LogP contribution >= 0.6 is 34.6 Å². The van der Waals surface area contributed by atoms with Crippen LogP contribution in [-0.4, -0.2) is 22.3 Å². The molecule has 4 bridgehead atoms. The Kier molecular flexibility index (Phi) is 18.6. The first-order valence-electron chi connectivity index (χ1n) is 45.6. The number of furan rings is 2. The van der Waals surface area contributed by atoms with E-state index in [2.05, 4.69) is 339 Å². The monoisotopic (exact) mass is 1660 g/mol. The highest BCUT2D eigenvalue weighted by Crippen LogP contribution is 2.73. The van der Waals surface area contributed by atoms with Crippen molar-refractivity contribution >= 4 is 85.2 Å². The Hall–Kier alpha value is -8.37. The topological polar surface area (TPSA) is 91.0 Å². The Morgan fingerprint density at radius 2 is 0.708 bits per heavy atom. The van der Waals surface area contributed by atoms with Gasteiger partial charge < -0.3 is 42.5 Å². The minimum atomic E-state index is -0.0223. The first kappa shape index (κ1) is 80.1. The van der Waals surface area contributed by atoms with Gasteiger partial charge >= 0.3 is 0 Å². The van der Waals surface area contributed by atoms with Crippen molar-refractivity contribution in [2.45, 2.75) is 297 Å². The second-order valence-electron chi connectivity index (χ2n) is 41.4. The second-order valence-corrected chi connectivity index (χ2v) is 43.8. The molecule has 25 rings (SSSR count). The van der Waals surface area contributed by atoms with Gasteiger partial charge in [-0.2, -0.15) is 0 Å². The van der Waals surface area contributed by atoms with E-state index in [1.54, 1.807) is 39.5 Å². The third-order valence-corrected chi connectivity index (χ3v) is 38.5. The Morgan fingerprint density at radius 3 is 1.10 bits per heavy atom. The summed E-state index contributed by atoms with van der Waals surface area (Å²) in [6.45, 7) is 47.4. The molecule has 15 heteroatoms. The van der Waals surface area contributed by atoms with Gasteiger partial charge in [0.25, 0.3) is 0 Å². The van der Waals surface area contributed by atoms with Crippen LogP contribution in [0.1, 0.15) is 317 Å². The molecular weight excluding hydrogens is 1530 g/mol. The van der Waals surface area contributed by atoms with Crippen molar-refractivity contribution in [3.8, 4) is 0 Å². The van der Waals surface area contributed by atoms with E-state index in [1.165, 1.54) is 217 Å². The zero-order valence-electron chi connectivity index (χ0n) is 75.5. The fourth-order valence-electron chi connectivity index (χ4n) is 28.4. The molecule has 13 aliphatic rings. The number of anilines is 5. The molecule has 12 aromatic rings. The lowest BCUT2D eigenvalue weighted by molar-refractivity contribution is -0.0588. The van der Waals surface area contributed by atoms with E-state index < -0.39 is 0 Å². The van der Waals surface area contributed by atoms with Crippen LogP contribution in [0.5, 0.6) is 0 Å². The predicted octanol–water partition coefficient (Wildman–Crippen LogP) is 28.1. The average molecular weight is 1660 g/mol. The SMILES string of the molecule is Cc1cccc2c1N1[C@@H](C)c3cnsc3C1(C)C(C)(C)C2(C)C.Cc1cccc2c1N1[C@@H](C)c3cnsc3C1(C)C(C)(C)C2(C)C.Cc1ccccc1N1[C@@H](C)c2c(n(C)c3occc23)C12CCCC2.Cc1ccccc1N1[C@@H](C)c2c(n(C)c3occc23)C12CCCCC2.Cc1ccccc1N1[C@@H](C)c2cnsc2C12C1CC3CC(C1)CC2C3. The maximum absolute atomic E-state index is 5.84. The molecule has 7 aliphatic heterocycles. The van der Waals surface area contributed by atoms with Crippen molar-refractivity contribution in [2.24, 2.45) is 48.6 Å². The van der Waals surface area contributed by atoms with Crippen molar-refractivity contribution in [1.82, 2.24) is 22.3 Å². The number of rotatable bonds is 3. The summed E-state index contributed by atoms with van der Waals surface area (Å²) in [5.41, 5.74) is 30.1. The third-order valence-electron chi connectivity index (χ3n) is 35.5. The van der Waals surface area contributed by atoms with Crippen molar-refractivity contribution < 1.29 is 8.83 Å². The molecule has 7 aromatic heterocycles. The number of aryl methyl sites for hydroxylation is 7. The molecule has 5 aromatic carbocycles. The first-order chi connectivity index (χ1) is 57.3. The molecule has 3 spiro atoms. The zero-order valence-corrected chi connectivity index (χ0v) is 78.0. The minimum absolute atomic E-state index is 0.0223. The fourth-order valence-corrected chi connectivity index (χ4v) is 31.9. The van der Waals surface area contributed by atoms with E-state index in [0.717, 1.165) is 35.1 Å². The van der Waals surface area contributed by atoms with Gasteiger partial charge in [-0.05, 0) is 279 Å². The van der Waals surface area contributed by atoms with Crippen molar-refractivity contribution in [1.29, 1.82) is 0 Å². The van der Waals surface area contributed by atoms with Gasteiger partial charge in [-0.25, -0.2) is 13.1 Å². The molecule has 6 saturated carbocycles. The van der Waals surface area contributed by atoms with Crippen molar-refractivity contribution in [3.05, 3.63) is 245 Å². The summed E-state index contributed by atoms with van der Waals surface area (Å²) in [7, 11) is 4.37. The van der Waals surface area contributed by atoms with Gasteiger partial charge in [0.2, 0.25) is 11.4 Å². The summed E-state index contributed by atoms with van der Waals surface area (Å²) in [6, 6.07) is 46.7. The summed E-state index contributed by atoms with van der Waals surface area (Å²) in [5, 5.41) is 2.59. The highest BCUT2D eigenvalue weighted by Gasteiger charge is 2.69. The quantitative estimate of drug-likeness (QED) is 0.170. The second kappa shape index (κ2) is 27.8. The molecule has 0 N–H and O–H groups in total. The normalized spacial score (nSPS) is 28.9. The van der Waals surface area contributed by atoms with E-state index in [4.69, 9.17) is 8.83 Å². The highest BCUT2D eigenvalue weighted by molar-refractivity contribution is 7.06. The van der Waals surface area contributed by atoms with Crippen LogP contribution in [0.15, 0.2) is 161 Å². The van der Waals surface area contributed by atoms with Crippen LogP contribution in [0, 0.1) is 69.1 Å². The lowest BCUT2D eigenvalue weighted by Crippen LogP contribution is -2.62. The van der Waals surface area contributed by atoms with Gasteiger partial charge in [-0.1, -0.05) is 178 Å². The number of fused-ring (bicyclic) bond motifs is 19. The minimum Gasteiger partial charge on any atom is -0.448 e. The number of benzene rings is 5. The summed E-state index contributed by atoms with van der Waals surface area (Å²) >= 11 is 5.19. The fraction of sp³-hybridized carbons (Fsp3) is 0.514. The number of hydrogen-bond donors (Lipinski definition) is 0. The van der Waals surface area contributed by atoms with Gasteiger partial charge in [0.05, 0.1) is 96.4 Å². The summed E-state index contributed by atoms with van der Waals surface area (Å²) < 4.78 is 30.0. The van der Waals surface area contributed by atoms with Crippen LogP contribution in [0.25, 0.3) is 22.2 Å². The van der Waals surface area contributed by atoms with Crippen molar-refractivity contribution in [3.63, 3.8) is 0 Å². The van der Waals surface area contributed by atoms with E-state index in [0.29, 0.717) is 30.2 Å². The molecule has 6 fully saturated rings. The molecule has 0 amide bonds. The Bertz CT molecular complexity index is 5830. The highest BCUT2D eigenvalue weighted by atomic mass is 32.1. The number of para-hydroxylation sites is 5. The molecular formula is C105H128N10O2S3. The van der Waals surface area contributed by atoms with Crippen molar-refractivity contribution in [2.75, 3.05) is 24.5 Å². The standard InChI is InChI=1S/C22H26N2O.C22H26N2S.C21H24N2O.2C20H26N2S/c1-15-9-5-6-10-18(15)24-16(2)19-17-11-14-25-21(17)23(3)20(19)22(24)12-7-4-8-13-22;1-13-5-3-4-6-20(13)24-14(2)19-12-23-25-21(19)22(24)17-8-15-7-16(10-17)11-18(22)9-15;1-14-8-4-5-9-17(14)23-15(2)18-16-10-13-24-20(16)22(3)19(18)21(23)11-6-7-12-21;2*1-12-9-8-10-15-16(12)22-13(2)14-11-21-23-17(14)20(22,7)19(5,6)18(15,3)4/h5-6,9-11,14,16H,4,7-8,12-13H2,1-3H3;3-6,12,14-18H,7-11H2,1-2H3;4-5,8-10,13,15H,6-7,11-12H2,1-3H3;2*8-11,13H,1-7H3/t16-;14-,15?,16?,17?,18?,22?;15-;2*13-,20?/m00000/s1. The largest absolute Gasteiger partial charge is 0.448 e. The van der Waals surface area contributed by atoms with Crippen LogP contribution in [0.2, 0.25) is 0 Å². The number of hydrogen-bond acceptors (Lipinski definition) is 13. The average Bonchev–Trinajstić information content (AvgIpc) is 1.45. The molecule has 628 valence electrons. The summed E-state index contributed by atoms with van der Waals surface area (Å²) in [5.74, 6) is 3.65.